The van der Waals surface area contributed by atoms with Crippen LogP contribution in [0.4, 0.5) is 0 Å². The van der Waals surface area contributed by atoms with Gasteiger partial charge in [0.15, 0.2) is 0 Å². The van der Waals surface area contributed by atoms with Crippen LogP contribution >= 0.6 is 11.3 Å². The van der Waals surface area contributed by atoms with Gasteiger partial charge in [-0.25, -0.2) is 4.98 Å². The number of hydrogen-bond donors (Lipinski definition) is 1. The minimum Gasteiger partial charge on any atom is -0.350 e. The fraction of sp³-hybridized carbons (Fsp3) is 0.667. The van der Waals surface area contributed by atoms with Gasteiger partial charge in [-0.15, -0.1) is 11.3 Å². The lowest BCUT2D eigenvalue weighted by molar-refractivity contribution is -0.122. The van der Waals surface area contributed by atoms with Crippen LogP contribution in [-0.2, 0) is 11.3 Å². The van der Waals surface area contributed by atoms with Gasteiger partial charge in [-0.1, -0.05) is 20.8 Å². The van der Waals surface area contributed by atoms with Crippen LogP contribution in [0, 0.1) is 11.8 Å². The molecule has 1 N–H and O–H groups in total. The van der Waals surface area contributed by atoms with E-state index < -0.39 is 0 Å². The van der Waals surface area contributed by atoms with Crippen LogP contribution in [0.1, 0.15) is 43.8 Å². The van der Waals surface area contributed by atoms with Gasteiger partial charge < -0.3 is 5.32 Å². The molecular weight excluding hydrogens is 220 g/mol. The smallest absolute Gasteiger partial charge is 0.223 e. The number of thiazole rings is 1. The first-order valence-electron chi connectivity index (χ1n) is 5.80. The molecule has 0 aliphatic heterocycles. The zero-order valence-electron chi connectivity index (χ0n) is 9.99. The first-order valence-corrected chi connectivity index (χ1v) is 6.68. The molecule has 0 radical (unpaired) electrons. The van der Waals surface area contributed by atoms with Crippen LogP contribution in [0.2, 0.25) is 0 Å². The maximum absolute atomic E-state index is 11.6. The van der Waals surface area contributed by atoms with E-state index in [1.807, 2.05) is 5.38 Å². The third-order valence-corrected chi connectivity index (χ3v) is 4.15. The number of carbonyl (C=O) groups is 1. The highest BCUT2D eigenvalue weighted by atomic mass is 32.1. The Morgan fingerprint density at radius 3 is 2.88 bits per heavy atom. The Kier molecular flexibility index (Phi) is 3.28. The zero-order chi connectivity index (χ0) is 11.7. The summed E-state index contributed by atoms with van der Waals surface area (Å²) in [6.45, 7) is 6.95. The van der Waals surface area contributed by atoms with E-state index in [9.17, 15) is 4.79 Å². The third-order valence-electron chi connectivity index (χ3n) is 2.95. The highest BCUT2D eigenvalue weighted by Crippen LogP contribution is 2.37. The molecule has 0 spiro atoms. The molecule has 2 rings (SSSR count). The molecule has 1 heterocycles. The van der Waals surface area contributed by atoms with Crippen LogP contribution in [-0.4, -0.2) is 10.9 Å². The van der Waals surface area contributed by atoms with E-state index in [1.165, 1.54) is 0 Å². The predicted octanol–water partition coefficient (Wildman–Crippen LogP) is 2.54. The van der Waals surface area contributed by atoms with Crippen molar-refractivity contribution in [1.82, 2.24) is 10.3 Å². The van der Waals surface area contributed by atoms with Gasteiger partial charge in [0.1, 0.15) is 0 Å². The number of carbonyl (C=O) groups excluding carboxylic acids is 1. The molecule has 2 atom stereocenters. The Balaban J connectivity index is 1.82. The van der Waals surface area contributed by atoms with E-state index in [4.69, 9.17) is 0 Å². The Hall–Kier alpha value is -0.900. The third kappa shape index (κ3) is 2.61. The standard InChI is InChI=1S/C12H18N2OS/c1-7(2)12-14-9(6-16-12)5-13-11(15)10-4-8(10)3/h6-8,10H,4-5H2,1-3H3,(H,13,15). The number of nitrogens with zero attached hydrogens (tertiary/aromatic N) is 1. The number of hydrogen-bond acceptors (Lipinski definition) is 3. The van der Waals surface area contributed by atoms with Gasteiger partial charge >= 0.3 is 0 Å². The van der Waals surface area contributed by atoms with Crippen LogP contribution in [0.25, 0.3) is 0 Å². The molecule has 1 saturated carbocycles. The second kappa shape index (κ2) is 4.53. The molecule has 1 aliphatic rings. The minimum atomic E-state index is 0.187. The summed E-state index contributed by atoms with van der Waals surface area (Å²) in [5.41, 5.74) is 0.982. The maximum Gasteiger partial charge on any atom is 0.223 e. The van der Waals surface area contributed by atoms with Crippen molar-refractivity contribution in [2.24, 2.45) is 11.8 Å². The molecule has 1 aromatic heterocycles. The maximum atomic E-state index is 11.6. The highest BCUT2D eigenvalue weighted by molar-refractivity contribution is 7.09. The lowest BCUT2D eigenvalue weighted by Crippen LogP contribution is -2.25. The van der Waals surface area contributed by atoms with Gasteiger partial charge in [-0.3, -0.25) is 4.79 Å². The van der Waals surface area contributed by atoms with Crippen molar-refractivity contribution in [1.29, 1.82) is 0 Å². The molecule has 3 nitrogen and oxygen atoms in total. The predicted molar refractivity (Wildman–Crippen MR) is 65.3 cm³/mol. The van der Waals surface area contributed by atoms with E-state index in [2.05, 4.69) is 31.1 Å². The molecule has 0 bridgehead atoms. The number of amides is 1. The van der Waals surface area contributed by atoms with E-state index in [1.54, 1.807) is 11.3 Å². The molecule has 0 saturated heterocycles. The molecule has 16 heavy (non-hydrogen) atoms. The van der Waals surface area contributed by atoms with Crippen LogP contribution in [0.3, 0.4) is 0 Å². The van der Waals surface area contributed by atoms with Gasteiger partial charge in [-0.2, -0.15) is 0 Å². The number of aromatic nitrogens is 1. The van der Waals surface area contributed by atoms with Crippen molar-refractivity contribution in [3.05, 3.63) is 16.1 Å². The highest BCUT2D eigenvalue weighted by Gasteiger charge is 2.38. The summed E-state index contributed by atoms with van der Waals surface area (Å²) < 4.78 is 0. The molecular formula is C12H18N2OS. The fourth-order valence-corrected chi connectivity index (χ4v) is 2.50. The van der Waals surface area contributed by atoms with Crippen molar-refractivity contribution in [2.45, 2.75) is 39.7 Å². The molecule has 0 aromatic carbocycles. The van der Waals surface area contributed by atoms with Gasteiger partial charge in [-0.05, 0) is 12.3 Å². The molecule has 1 fully saturated rings. The quantitative estimate of drug-likeness (QED) is 0.876. The van der Waals surface area contributed by atoms with E-state index in [0.29, 0.717) is 18.4 Å². The summed E-state index contributed by atoms with van der Waals surface area (Å²) in [7, 11) is 0. The Labute approximate surface area is 100 Å². The van der Waals surface area contributed by atoms with Crippen molar-refractivity contribution in [3.8, 4) is 0 Å². The monoisotopic (exact) mass is 238 g/mol. The molecule has 88 valence electrons. The largest absolute Gasteiger partial charge is 0.350 e. The molecule has 1 aromatic rings. The van der Waals surface area contributed by atoms with Gasteiger partial charge in [0, 0.05) is 17.2 Å². The number of nitrogens with one attached hydrogen (secondary N) is 1. The van der Waals surface area contributed by atoms with Crippen molar-refractivity contribution in [3.63, 3.8) is 0 Å². The molecule has 1 aliphatic carbocycles. The Morgan fingerprint density at radius 2 is 2.38 bits per heavy atom. The molecule has 4 heteroatoms. The molecule has 2 unspecified atom stereocenters. The van der Waals surface area contributed by atoms with Crippen LogP contribution < -0.4 is 5.32 Å². The van der Waals surface area contributed by atoms with Crippen LogP contribution in [0.15, 0.2) is 5.38 Å². The normalized spacial score (nSPS) is 23.5. The average Bonchev–Trinajstić information content (AvgIpc) is 2.80. The summed E-state index contributed by atoms with van der Waals surface area (Å²) >= 11 is 1.67. The van der Waals surface area contributed by atoms with Gasteiger partial charge in [0.05, 0.1) is 17.2 Å². The number of rotatable bonds is 4. The van der Waals surface area contributed by atoms with Crippen LogP contribution in [0.5, 0.6) is 0 Å². The fourth-order valence-electron chi connectivity index (χ4n) is 1.67. The lowest BCUT2D eigenvalue weighted by Gasteiger charge is -2.01. The summed E-state index contributed by atoms with van der Waals surface area (Å²) in [5.74, 6) is 1.48. The van der Waals surface area contributed by atoms with E-state index >= 15 is 0 Å². The zero-order valence-corrected chi connectivity index (χ0v) is 10.8. The Bertz CT molecular complexity index is 386. The lowest BCUT2D eigenvalue weighted by atomic mass is 10.2. The van der Waals surface area contributed by atoms with E-state index in [-0.39, 0.29) is 11.8 Å². The first kappa shape index (κ1) is 11.6. The van der Waals surface area contributed by atoms with Gasteiger partial charge in [0.25, 0.3) is 0 Å². The summed E-state index contributed by atoms with van der Waals surface area (Å²) in [4.78, 5) is 16.1. The summed E-state index contributed by atoms with van der Waals surface area (Å²) in [6, 6.07) is 0. The SMILES string of the molecule is CC(C)c1nc(CNC(=O)C2CC2C)cs1. The summed E-state index contributed by atoms with van der Waals surface area (Å²) in [6.07, 6.45) is 1.04. The van der Waals surface area contributed by atoms with Crippen molar-refractivity contribution in [2.75, 3.05) is 0 Å². The first-order chi connectivity index (χ1) is 7.58. The second-order valence-corrected chi connectivity index (χ2v) is 5.76. The van der Waals surface area contributed by atoms with E-state index in [0.717, 1.165) is 17.1 Å². The van der Waals surface area contributed by atoms with Crippen molar-refractivity contribution >= 4 is 17.2 Å². The van der Waals surface area contributed by atoms with Gasteiger partial charge in [0.2, 0.25) is 5.91 Å². The minimum absolute atomic E-state index is 0.187. The summed E-state index contributed by atoms with van der Waals surface area (Å²) in [5, 5.41) is 6.13. The molecule has 1 amide bonds. The van der Waals surface area contributed by atoms with Crippen molar-refractivity contribution < 1.29 is 4.79 Å². The average molecular weight is 238 g/mol. The second-order valence-electron chi connectivity index (χ2n) is 4.87. The topological polar surface area (TPSA) is 42.0 Å². The Morgan fingerprint density at radius 1 is 1.69 bits per heavy atom.